The summed E-state index contributed by atoms with van der Waals surface area (Å²) < 4.78 is 39.2. The Morgan fingerprint density at radius 1 is 1.10 bits per heavy atom. The molecule has 0 amide bonds. The molecule has 1 N–H and O–H groups in total. The van der Waals surface area contributed by atoms with Gasteiger partial charge in [0.25, 0.3) is 0 Å². The van der Waals surface area contributed by atoms with E-state index in [4.69, 9.17) is 11.6 Å². The third kappa shape index (κ3) is 3.77. The van der Waals surface area contributed by atoms with Crippen LogP contribution in [0.1, 0.15) is 18.1 Å². The zero-order chi connectivity index (χ0) is 15.5. The fraction of sp³-hybridized carbons (Fsp3) is 0.250. The zero-order valence-electron chi connectivity index (χ0n) is 11.5. The van der Waals surface area contributed by atoms with E-state index in [0.717, 1.165) is 18.2 Å². The highest BCUT2D eigenvalue weighted by Crippen LogP contribution is 2.37. The van der Waals surface area contributed by atoms with Gasteiger partial charge in [-0.05, 0) is 41.4 Å². The summed E-state index contributed by atoms with van der Waals surface area (Å²) in [6.45, 7) is 3.24. The van der Waals surface area contributed by atoms with Crippen LogP contribution >= 0.6 is 11.6 Å². The van der Waals surface area contributed by atoms with E-state index in [1.165, 1.54) is 12.1 Å². The van der Waals surface area contributed by atoms with E-state index in [9.17, 15) is 13.2 Å². The third-order valence-electron chi connectivity index (χ3n) is 3.15. The number of halogens is 4. The summed E-state index contributed by atoms with van der Waals surface area (Å²) >= 11 is 6.09. The van der Waals surface area contributed by atoms with Gasteiger partial charge in [-0.15, -0.1) is 0 Å². The van der Waals surface area contributed by atoms with Crippen molar-refractivity contribution < 1.29 is 13.2 Å². The molecule has 112 valence electrons. The van der Waals surface area contributed by atoms with Crippen molar-refractivity contribution in [1.29, 1.82) is 0 Å². The lowest BCUT2D eigenvalue weighted by Crippen LogP contribution is -2.12. The maximum absolute atomic E-state index is 13.1. The van der Waals surface area contributed by atoms with Gasteiger partial charge in [0.1, 0.15) is 0 Å². The van der Waals surface area contributed by atoms with Crippen LogP contribution in [0, 0.1) is 0 Å². The van der Waals surface area contributed by atoms with Gasteiger partial charge in [-0.2, -0.15) is 13.2 Å². The normalized spacial score (nSPS) is 11.7. The lowest BCUT2D eigenvalue weighted by molar-refractivity contribution is -0.137. The Labute approximate surface area is 126 Å². The Morgan fingerprint density at radius 2 is 1.81 bits per heavy atom. The molecule has 0 fully saturated rings. The van der Waals surface area contributed by atoms with Crippen LogP contribution in [0.15, 0.2) is 42.5 Å². The fourth-order valence-corrected chi connectivity index (χ4v) is 2.30. The van der Waals surface area contributed by atoms with E-state index in [-0.39, 0.29) is 5.56 Å². The first-order valence-electron chi connectivity index (χ1n) is 6.59. The molecule has 5 heteroatoms. The highest BCUT2D eigenvalue weighted by atomic mass is 35.5. The van der Waals surface area contributed by atoms with Crippen molar-refractivity contribution in [3.8, 4) is 11.1 Å². The number of rotatable bonds is 4. The molecule has 2 aromatic rings. The maximum atomic E-state index is 13.1. The Morgan fingerprint density at radius 3 is 2.48 bits per heavy atom. The summed E-state index contributed by atoms with van der Waals surface area (Å²) in [6, 6.07) is 10.5. The third-order valence-corrected chi connectivity index (χ3v) is 3.52. The summed E-state index contributed by atoms with van der Waals surface area (Å²) in [5.74, 6) is 0. The summed E-state index contributed by atoms with van der Waals surface area (Å²) in [7, 11) is 0. The van der Waals surface area contributed by atoms with Gasteiger partial charge in [-0.1, -0.05) is 42.8 Å². The van der Waals surface area contributed by atoms with Gasteiger partial charge in [0.05, 0.1) is 5.56 Å². The highest BCUT2D eigenvalue weighted by molar-refractivity contribution is 6.31. The molecule has 2 rings (SSSR count). The van der Waals surface area contributed by atoms with Gasteiger partial charge in [0.15, 0.2) is 0 Å². The second-order valence-electron chi connectivity index (χ2n) is 4.63. The Balaban J connectivity index is 2.48. The molecule has 0 heterocycles. The summed E-state index contributed by atoms with van der Waals surface area (Å²) in [4.78, 5) is 0. The standard InChI is InChI=1S/C16H15ClF3N/c1-2-21-10-12-9-11(7-8-15(12)17)13-5-3-4-6-14(13)16(18,19)20/h3-9,21H,2,10H2,1H3. The molecule has 2 aromatic carbocycles. The lowest BCUT2D eigenvalue weighted by atomic mass is 9.97. The first-order chi connectivity index (χ1) is 9.93. The first-order valence-corrected chi connectivity index (χ1v) is 6.97. The van der Waals surface area contributed by atoms with Crippen molar-refractivity contribution in [3.63, 3.8) is 0 Å². The van der Waals surface area contributed by atoms with Crippen molar-refractivity contribution in [1.82, 2.24) is 5.32 Å². The molecule has 0 aliphatic carbocycles. The smallest absolute Gasteiger partial charge is 0.313 e. The minimum absolute atomic E-state index is 0.166. The fourth-order valence-electron chi connectivity index (χ4n) is 2.12. The van der Waals surface area contributed by atoms with Crippen LogP contribution in [-0.4, -0.2) is 6.54 Å². The second kappa shape index (κ2) is 6.50. The molecule has 0 aliphatic rings. The molecule has 1 nitrogen and oxygen atoms in total. The number of benzene rings is 2. The SMILES string of the molecule is CCNCc1cc(-c2ccccc2C(F)(F)F)ccc1Cl. The van der Waals surface area contributed by atoms with E-state index < -0.39 is 11.7 Å². The monoisotopic (exact) mass is 313 g/mol. The van der Waals surface area contributed by atoms with Crippen LogP contribution in [-0.2, 0) is 12.7 Å². The Kier molecular flexibility index (Phi) is 4.91. The predicted octanol–water partition coefficient (Wildman–Crippen LogP) is 5.14. The van der Waals surface area contributed by atoms with Crippen LogP contribution in [0.4, 0.5) is 13.2 Å². The molecule has 0 radical (unpaired) electrons. The van der Waals surface area contributed by atoms with Gasteiger partial charge in [-0.25, -0.2) is 0 Å². The van der Waals surface area contributed by atoms with Crippen LogP contribution in [0.2, 0.25) is 5.02 Å². The molecular formula is C16H15ClF3N. The molecule has 21 heavy (non-hydrogen) atoms. The molecule has 0 atom stereocenters. The van der Waals surface area contributed by atoms with E-state index in [2.05, 4.69) is 5.32 Å². The topological polar surface area (TPSA) is 12.0 Å². The van der Waals surface area contributed by atoms with Crippen LogP contribution in [0.3, 0.4) is 0 Å². The minimum Gasteiger partial charge on any atom is -0.313 e. The van der Waals surface area contributed by atoms with E-state index in [1.807, 2.05) is 6.92 Å². The highest BCUT2D eigenvalue weighted by Gasteiger charge is 2.33. The number of alkyl halides is 3. The van der Waals surface area contributed by atoms with Crippen molar-refractivity contribution >= 4 is 11.6 Å². The summed E-state index contributed by atoms with van der Waals surface area (Å²) in [6.07, 6.45) is -4.38. The minimum atomic E-state index is -4.38. The van der Waals surface area contributed by atoms with E-state index in [1.54, 1.807) is 24.3 Å². The van der Waals surface area contributed by atoms with Gasteiger partial charge in [-0.3, -0.25) is 0 Å². The van der Waals surface area contributed by atoms with Crippen molar-refractivity contribution in [3.05, 3.63) is 58.6 Å². The lowest BCUT2D eigenvalue weighted by Gasteiger charge is -2.14. The molecular weight excluding hydrogens is 299 g/mol. The Bertz CT molecular complexity index is 623. The van der Waals surface area contributed by atoms with E-state index >= 15 is 0 Å². The number of hydrogen-bond donors (Lipinski definition) is 1. The zero-order valence-corrected chi connectivity index (χ0v) is 12.2. The van der Waals surface area contributed by atoms with Gasteiger partial charge < -0.3 is 5.32 Å². The van der Waals surface area contributed by atoms with Crippen molar-refractivity contribution in [2.75, 3.05) is 6.54 Å². The first kappa shape index (κ1) is 15.9. The van der Waals surface area contributed by atoms with Gasteiger partial charge >= 0.3 is 6.18 Å². The second-order valence-corrected chi connectivity index (χ2v) is 5.04. The van der Waals surface area contributed by atoms with Gasteiger partial charge in [0, 0.05) is 11.6 Å². The average Bonchev–Trinajstić information content (AvgIpc) is 2.45. The average molecular weight is 314 g/mol. The maximum Gasteiger partial charge on any atom is 0.417 e. The quantitative estimate of drug-likeness (QED) is 0.824. The van der Waals surface area contributed by atoms with Crippen LogP contribution < -0.4 is 5.32 Å². The molecule has 0 bridgehead atoms. The molecule has 0 aromatic heterocycles. The molecule has 0 unspecified atom stereocenters. The van der Waals surface area contributed by atoms with Crippen molar-refractivity contribution in [2.45, 2.75) is 19.6 Å². The van der Waals surface area contributed by atoms with Crippen LogP contribution in [0.25, 0.3) is 11.1 Å². The Hall–Kier alpha value is -1.52. The van der Waals surface area contributed by atoms with Gasteiger partial charge in [0.2, 0.25) is 0 Å². The number of nitrogens with one attached hydrogen (secondary N) is 1. The largest absolute Gasteiger partial charge is 0.417 e. The van der Waals surface area contributed by atoms with Crippen molar-refractivity contribution in [2.24, 2.45) is 0 Å². The predicted molar refractivity (Wildman–Crippen MR) is 79.3 cm³/mol. The van der Waals surface area contributed by atoms with Crippen LogP contribution in [0.5, 0.6) is 0 Å². The number of hydrogen-bond acceptors (Lipinski definition) is 1. The molecule has 0 aliphatic heterocycles. The molecule has 0 saturated heterocycles. The molecule has 0 spiro atoms. The summed E-state index contributed by atoms with van der Waals surface area (Å²) in [5.41, 5.74) is 0.828. The van der Waals surface area contributed by atoms with E-state index in [0.29, 0.717) is 17.1 Å². The summed E-state index contributed by atoms with van der Waals surface area (Å²) in [5, 5.41) is 3.67. The molecule has 0 saturated carbocycles.